The van der Waals surface area contributed by atoms with Crippen molar-refractivity contribution >= 4 is 110 Å². The van der Waals surface area contributed by atoms with E-state index in [1.54, 1.807) is 0 Å². The summed E-state index contributed by atoms with van der Waals surface area (Å²) in [6.07, 6.45) is 13.2. The highest BCUT2D eigenvalue weighted by molar-refractivity contribution is 6.30. The third-order valence-electron chi connectivity index (χ3n) is 18.6. The fraction of sp³-hybridized carbons (Fsp3) is 0.179. The van der Waals surface area contributed by atoms with Gasteiger partial charge >= 0.3 is 0 Å². The first-order valence-electron chi connectivity index (χ1n) is 30.4. The summed E-state index contributed by atoms with van der Waals surface area (Å²) in [5.74, 6) is 0. The van der Waals surface area contributed by atoms with Gasteiger partial charge in [0.25, 0.3) is 0 Å². The number of para-hydroxylation sites is 4. The molecule has 4 nitrogen and oxygen atoms in total. The van der Waals surface area contributed by atoms with E-state index < -0.39 is 0 Å². The van der Waals surface area contributed by atoms with E-state index in [-0.39, 0.29) is 0 Å². The van der Waals surface area contributed by atoms with Gasteiger partial charge in [-0.05, 0) is 204 Å². The second kappa shape index (κ2) is 19.8. The van der Waals surface area contributed by atoms with Crippen molar-refractivity contribution in [1.82, 2.24) is 9.13 Å². The second-order valence-corrected chi connectivity index (χ2v) is 23.3. The molecule has 0 atom stereocenters. The van der Waals surface area contributed by atoms with Crippen LogP contribution in [-0.2, 0) is 38.5 Å². The molecule has 2 aliphatic rings. The SMILES string of the molecule is CCCc1cc(N(c2cccc3c2CCCC3)c2cccc3c2c2ccccc2n3-c2ccccc2)c2ccc3c(CCC)cc(N(c4cccc5c4CCCC5)c4cccc5c4c4ccccc4n5-c4ccccc4)c4ccc1c2c34. The van der Waals surface area contributed by atoms with Crippen LogP contribution < -0.4 is 9.80 Å². The molecule has 0 radical (unpaired) electrons. The van der Waals surface area contributed by atoms with Gasteiger partial charge in [-0.2, -0.15) is 0 Å². The molecule has 0 saturated carbocycles. The van der Waals surface area contributed by atoms with Crippen LogP contribution in [0.3, 0.4) is 0 Å². The zero-order valence-electron chi connectivity index (χ0n) is 47.1. The number of hydrogen-bond acceptors (Lipinski definition) is 2. The average molecular weight is 1060 g/mol. The Bertz CT molecular complexity index is 4480. The Hall–Kier alpha value is -9.12. The minimum Gasteiger partial charge on any atom is -0.309 e. The molecular formula is C78H66N4. The second-order valence-electron chi connectivity index (χ2n) is 23.3. The van der Waals surface area contributed by atoms with Crippen molar-refractivity contribution in [3.05, 3.63) is 252 Å². The number of aryl methyl sites for hydroxylation is 4. The Morgan fingerprint density at radius 2 is 0.683 bits per heavy atom. The van der Waals surface area contributed by atoms with Crippen LogP contribution >= 0.6 is 0 Å². The zero-order chi connectivity index (χ0) is 54.4. The van der Waals surface area contributed by atoms with Crippen LogP contribution in [-0.4, -0.2) is 9.13 Å². The zero-order valence-corrected chi connectivity index (χ0v) is 47.1. The molecule has 2 heterocycles. The van der Waals surface area contributed by atoms with Crippen LogP contribution in [0.25, 0.3) is 87.3 Å². The molecule has 2 aliphatic carbocycles. The van der Waals surface area contributed by atoms with E-state index in [9.17, 15) is 0 Å². The van der Waals surface area contributed by atoms with E-state index in [0.717, 1.165) is 51.4 Å². The molecule has 12 aromatic carbocycles. The number of benzene rings is 12. The van der Waals surface area contributed by atoms with Gasteiger partial charge in [0.1, 0.15) is 0 Å². The third-order valence-corrected chi connectivity index (χ3v) is 18.6. The molecule has 0 spiro atoms. The number of nitrogens with zero attached hydrogens (tertiary/aromatic N) is 4. The Balaban J connectivity index is 1.03. The molecule has 14 aromatic rings. The highest BCUT2D eigenvalue weighted by Gasteiger charge is 2.31. The van der Waals surface area contributed by atoms with Crippen LogP contribution in [0.2, 0.25) is 0 Å². The van der Waals surface area contributed by atoms with E-state index in [2.05, 4.69) is 251 Å². The summed E-state index contributed by atoms with van der Waals surface area (Å²) in [4.78, 5) is 5.44. The van der Waals surface area contributed by atoms with Gasteiger partial charge in [-0.25, -0.2) is 0 Å². The summed E-state index contributed by atoms with van der Waals surface area (Å²) in [6.45, 7) is 4.71. The lowest BCUT2D eigenvalue weighted by Gasteiger charge is -2.34. The summed E-state index contributed by atoms with van der Waals surface area (Å²) in [5.41, 5.74) is 23.5. The molecule has 4 heteroatoms. The van der Waals surface area contributed by atoms with E-state index in [1.165, 1.54) is 180 Å². The predicted octanol–water partition coefficient (Wildman–Crippen LogP) is 21.4. The molecule has 0 bridgehead atoms. The molecule has 0 aliphatic heterocycles. The topological polar surface area (TPSA) is 16.3 Å². The lowest BCUT2D eigenvalue weighted by molar-refractivity contribution is 0.686. The fourth-order valence-corrected chi connectivity index (χ4v) is 15.2. The number of anilines is 6. The number of aromatic nitrogens is 2. The first-order chi connectivity index (χ1) is 40.7. The van der Waals surface area contributed by atoms with Crippen molar-refractivity contribution in [3.8, 4) is 11.4 Å². The molecule has 16 rings (SSSR count). The van der Waals surface area contributed by atoms with Crippen molar-refractivity contribution < 1.29 is 0 Å². The van der Waals surface area contributed by atoms with Crippen LogP contribution in [0.15, 0.2) is 218 Å². The van der Waals surface area contributed by atoms with Crippen LogP contribution in [0.5, 0.6) is 0 Å². The van der Waals surface area contributed by atoms with Gasteiger partial charge in [0, 0.05) is 55.1 Å². The van der Waals surface area contributed by atoms with E-state index in [0.29, 0.717) is 0 Å². The summed E-state index contributed by atoms with van der Waals surface area (Å²) in [6, 6.07) is 83.7. The van der Waals surface area contributed by atoms with Crippen molar-refractivity contribution in [2.24, 2.45) is 0 Å². The van der Waals surface area contributed by atoms with Gasteiger partial charge in [0.2, 0.25) is 0 Å². The minimum absolute atomic E-state index is 0.976. The Kier molecular flexibility index (Phi) is 11.8. The van der Waals surface area contributed by atoms with E-state index in [4.69, 9.17) is 0 Å². The van der Waals surface area contributed by atoms with Gasteiger partial charge in [-0.1, -0.05) is 160 Å². The third kappa shape index (κ3) is 7.50. The van der Waals surface area contributed by atoms with Crippen LogP contribution in [0, 0.1) is 0 Å². The molecule has 0 N–H and O–H groups in total. The van der Waals surface area contributed by atoms with Crippen molar-refractivity contribution in [1.29, 1.82) is 0 Å². The summed E-state index contributed by atoms with van der Waals surface area (Å²) < 4.78 is 4.96. The molecule has 0 fully saturated rings. The van der Waals surface area contributed by atoms with Crippen LogP contribution in [0.1, 0.15) is 85.8 Å². The highest BCUT2D eigenvalue weighted by Crippen LogP contribution is 2.54. The smallest absolute Gasteiger partial charge is 0.0562 e. The first kappa shape index (κ1) is 48.8. The molecule has 0 amide bonds. The van der Waals surface area contributed by atoms with Gasteiger partial charge in [0.15, 0.2) is 0 Å². The number of fused-ring (bicyclic) bond motifs is 8. The summed E-state index contributed by atoms with van der Waals surface area (Å²) in [7, 11) is 0. The average Bonchev–Trinajstić information content (AvgIpc) is 3.47. The Morgan fingerprint density at radius 3 is 1.13 bits per heavy atom. The molecule has 82 heavy (non-hydrogen) atoms. The van der Waals surface area contributed by atoms with Crippen LogP contribution in [0.4, 0.5) is 34.1 Å². The largest absolute Gasteiger partial charge is 0.309 e. The lowest BCUT2D eigenvalue weighted by Crippen LogP contribution is -2.17. The van der Waals surface area contributed by atoms with E-state index in [1.807, 2.05) is 0 Å². The van der Waals surface area contributed by atoms with Crippen molar-refractivity contribution in [2.45, 2.75) is 90.9 Å². The maximum Gasteiger partial charge on any atom is 0.0562 e. The Labute approximate surface area is 480 Å². The van der Waals surface area contributed by atoms with Crippen molar-refractivity contribution in [3.63, 3.8) is 0 Å². The molecular weight excluding hydrogens is 993 g/mol. The monoisotopic (exact) mass is 1060 g/mol. The fourth-order valence-electron chi connectivity index (χ4n) is 15.2. The predicted molar refractivity (Wildman–Crippen MR) is 349 cm³/mol. The normalized spacial score (nSPS) is 13.5. The standard InChI is InChI=1S/C78H66N4/c1-3-23-53-49-73(81(65-39-19-27-51-25-11-13-33-57(51)65)71-43-21-41-69-77(71)61-35-15-17-37-67(61)79(69)55-29-7-5-8-30-55)63-48-46-60-54(24-4-2)50-74(64-47-45-59(53)75(63)76(60)64)82(66-40-20-28-52-26-12-14-34-58(52)66)72-44-22-42-70-78(72)62-36-16-18-38-68(62)80(70)56-31-9-6-10-32-56/h5-10,15-22,27-32,35-50H,3-4,11-14,23-26,33-34H2,1-2H3. The molecule has 398 valence electrons. The summed E-state index contributed by atoms with van der Waals surface area (Å²) in [5, 5.41) is 13.1. The maximum atomic E-state index is 2.72. The number of rotatable bonds is 12. The molecule has 2 aromatic heterocycles. The first-order valence-corrected chi connectivity index (χ1v) is 30.4. The van der Waals surface area contributed by atoms with E-state index >= 15 is 0 Å². The molecule has 0 unspecified atom stereocenters. The van der Waals surface area contributed by atoms with Crippen molar-refractivity contribution in [2.75, 3.05) is 9.80 Å². The Morgan fingerprint density at radius 1 is 0.305 bits per heavy atom. The van der Waals surface area contributed by atoms with Gasteiger partial charge in [0.05, 0.1) is 44.8 Å². The highest BCUT2D eigenvalue weighted by atomic mass is 15.2. The lowest BCUT2D eigenvalue weighted by atomic mass is 9.85. The minimum atomic E-state index is 0.976. The van der Waals surface area contributed by atoms with Gasteiger partial charge in [-0.15, -0.1) is 0 Å². The maximum absolute atomic E-state index is 2.72. The quantitative estimate of drug-likeness (QED) is 0.113. The van der Waals surface area contributed by atoms with Gasteiger partial charge in [-0.3, -0.25) is 0 Å². The van der Waals surface area contributed by atoms with Gasteiger partial charge < -0.3 is 18.9 Å². The summed E-state index contributed by atoms with van der Waals surface area (Å²) >= 11 is 0. The molecule has 0 saturated heterocycles. The number of hydrogen-bond donors (Lipinski definition) is 0.